The van der Waals surface area contributed by atoms with Gasteiger partial charge in [-0.25, -0.2) is 0 Å². The molecule has 4 rings (SSSR count). The minimum Gasteiger partial charge on any atom is -0.497 e. The lowest BCUT2D eigenvalue weighted by atomic mass is 10.1. The van der Waals surface area contributed by atoms with Crippen LogP contribution in [0.5, 0.6) is 5.75 Å². The van der Waals surface area contributed by atoms with E-state index in [-0.39, 0.29) is 5.91 Å². The van der Waals surface area contributed by atoms with Gasteiger partial charge in [-0.15, -0.1) is 0 Å². The van der Waals surface area contributed by atoms with Crippen LogP contribution in [0.4, 0.5) is 0 Å². The Labute approximate surface area is 122 Å². The van der Waals surface area contributed by atoms with Crippen LogP contribution in [0.2, 0.25) is 0 Å². The lowest BCUT2D eigenvalue weighted by Gasteiger charge is -2.33. The molecule has 1 N–H and O–H groups in total. The molecule has 110 valence electrons. The number of piperazine rings is 1. The number of carbonyl (C=O) groups is 1. The monoisotopic (exact) mass is 286 g/mol. The van der Waals surface area contributed by atoms with Crippen molar-refractivity contribution >= 4 is 16.8 Å². The third kappa shape index (κ3) is 1.98. The maximum absolute atomic E-state index is 12.8. The van der Waals surface area contributed by atoms with E-state index < -0.39 is 0 Å². The summed E-state index contributed by atoms with van der Waals surface area (Å²) in [6.07, 6.45) is 1.07. The van der Waals surface area contributed by atoms with Crippen molar-refractivity contribution < 1.29 is 9.53 Å². The van der Waals surface area contributed by atoms with Crippen LogP contribution in [0, 0.1) is 0 Å². The first-order chi connectivity index (χ1) is 10.3. The largest absolute Gasteiger partial charge is 0.497 e. The fraction of sp³-hybridized carbons (Fsp3) is 0.467. The Bertz CT molecular complexity index is 696. The SMILES string of the molecule is COc1ccc2[nH]nc(C(=O)N3CCN4CCC3C4)c2c1. The molecule has 0 radical (unpaired) electrons. The average molecular weight is 286 g/mol. The summed E-state index contributed by atoms with van der Waals surface area (Å²) in [5.41, 5.74) is 1.37. The average Bonchev–Trinajstić information content (AvgIpc) is 3.10. The van der Waals surface area contributed by atoms with Gasteiger partial charge in [0.1, 0.15) is 5.75 Å². The summed E-state index contributed by atoms with van der Waals surface area (Å²) in [7, 11) is 1.63. The zero-order chi connectivity index (χ0) is 14.4. The van der Waals surface area contributed by atoms with Crippen molar-refractivity contribution in [2.75, 3.05) is 33.3 Å². The number of aromatic amines is 1. The minimum atomic E-state index is 0.0288. The molecule has 2 aliphatic heterocycles. The molecule has 2 aliphatic rings. The van der Waals surface area contributed by atoms with Crippen LogP contribution in [0.15, 0.2) is 18.2 Å². The molecule has 2 atom stereocenters. The molecule has 1 aromatic heterocycles. The van der Waals surface area contributed by atoms with Gasteiger partial charge in [-0.05, 0) is 24.6 Å². The predicted octanol–water partition coefficient (Wildman–Crippen LogP) is 1.10. The predicted molar refractivity (Wildman–Crippen MR) is 78.5 cm³/mol. The van der Waals surface area contributed by atoms with E-state index in [0.717, 1.165) is 49.3 Å². The third-order valence-electron chi connectivity index (χ3n) is 4.58. The lowest BCUT2D eigenvalue weighted by Crippen LogP contribution is -2.49. The second-order valence-electron chi connectivity index (χ2n) is 5.73. The van der Waals surface area contributed by atoms with Crippen molar-refractivity contribution in [1.82, 2.24) is 20.0 Å². The van der Waals surface area contributed by atoms with Crippen molar-refractivity contribution in [2.45, 2.75) is 12.5 Å². The van der Waals surface area contributed by atoms with Gasteiger partial charge in [0, 0.05) is 37.6 Å². The number of H-pyrrole nitrogens is 1. The number of benzene rings is 1. The van der Waals surface area contributed by atoms with Crippen molar-refractivity contribution in [1.29, 1.82) is 0 Å². The normalized spacial score (nSPS) is 24.5. The maximum atomic E-state index is 12.8. The van der Waals surface area contributed by atoms with Crippen LogP contribution < -0.4 is 4.74 Å². The topological polar surface area (TPSA) is 61.5 Å². The van der Waals surface area contributed by atoms with Gasteiger partial charge in [-0.3, -0.25) is 14.8 Å². The second-order valence-corrected chi connectivity index (χ2v) is 5.73. The molecule has 0 spiro atoms. The standard InChI is InChI=1S/C15H18N4O2/c1-21-11-2-3-13-12(8-11)14(17-16-13)15(20)19-7-6-18-5-4-10(19)9-18/h2-3,8,10H,4-7,9H2,1H3,(H,16,17). The lowest BCUT2D eigenvalue weighted by molar-refractivity contribution is 0.0605. The highest BCUT2D eigenvalue weighted by Gasteiger charge is 2.36. The number of rotatable bonds is 2. The van der Waals surface area contributed by atoms with Crippen molar-refractivity contribution in [2.24, 2.45) is 0 Å². The molecule has 1 amide bonds. The van der Waals surface area contributed by atoms with Gasteiger partial charge >= 0.3 is 0 Å². The van der Waals surface area contributed by atoms with Gasteiger partial charge in [0.05, 0.1) is 12.6 Å². The number of methoxy groups -OCH3 is 1. The maximum Gasteiger partial charge on any atom is 0.275 e. The number of carbonyl (C=O) groups excluding carboxylic acids is 1. The highest BCUT2D eigenvalue weighted by atomic mass is 16.5. The zero-order valence-corrected chi connectivity index (χ0v) is 12.0. The van der Waals surface area contributed by atoms with Crippen molar-refractivity contribution in [3.8, 4) is 5.75 Å². The molecule has 2 saturated heterocycles. The first-order valence-electron chi connectivity index (χ1n) is 7.31. The Balaban J connectivity index is 1.70. The second kappa shape index (κ2) is 4.73. The molecule has 0 aliphatic carbocycles. The van der Waals surface area contributed by atoms with E-state index in [9.17, 15) is 4.79 Å². The summed E-state index contributed by atoms with van der Waals surface area (Å²) in [5, 5.41) is 8.02. The Hall–Kier alpha value is -2.08. The molecule has 2 bridgehead atoms. The summed E-state index contributed by atoms with van der Waals surface area (Å²) in [4.78, 5) is 17.2. The van der Waals surface area contributed by atoms with Crippen LogP contribution in [0.3, 0.4) is 0 Å². The van der Waals surface area contributed by atoms with Gasteiger partial charge in [0.25, 0.3) is 5.91 Å². The summed E-state index contributed by atoms with van der Waals surface area (Å²) in [6.45, 7) is 3.86. The summed E-state index contributed by atoms with van der Waals surface area (Å²) in [5.74, 6) is 0.768. The van der Waals surface area contributed by atoms with E-state index >= 15 is 0 Å². The van der Waals surface area contributed by atoms with Crippen molar-refractivity contribution in [3.63, 3.8) is 0 Å². The molecular formula is C15H18N4O2. The third-order valence-corrected chi connectivity index (χ3v) is 4.58. The van der Waals surface area contributed by atoms with Gasteiger partial charge < -0.3 is 9.64 Å². The first-order valence-corrected chi connectivity index (χ1v) is 7.31. The molecule has 2 fully saturated rings. The van der Waals surface area contributed by atoms with E-state index in [1.807, 2.05) is 23.1 Å². The van der Waals surface area contributed by atoms with Gasteiger partial charge in [-0.1, -0.05) is 0 Å². The number of nitrogens with zero attached hydrogens (tertiary/aromatic N) is 3. The van der Waals surface area contributed by atoms with Gasteiger partial charge in [0.15, 0.2) is 5.69 Å². The fourth-order valence-electron chi connectivity index (χ4n) is 3.39. The molecule has 2 aromatic rings. The first kappa shape index (κ1) is 12.6. The van der Waals surface area contributed by atoms with E-state index in [4.69, 9.17) is 4.74 Å². The van der Waals surface area contributed by atoms with Crippen LogP contribution in [-0.4, -0.2) is 65.2 Å². The number of hydrogen-bond acceptors (Lipinski definition) is 4. The number of amides is 1. The van der Waals surface area contributed by atoms with Crippen LogP contribution >= 0.6 is 0 Å². The Morgan fingerprint density at radius 3 is 3.14 bits per heavy atom. The van der Waals surface area contributed by atoms with E-state index in [0.29, 0.717) is 11.7 Å². The molecule has 21 heavy (non-hydrogen) atoms. The number of aromatic nitrogens is 2. The summed E-state index contributed by atoms with van der Waals surface area (Å²) < 4.78 is 5.25. The van der Waals surface area contributed by atoms with E-state index in [1.54, 1.807) is 7.11 Å². The van der Waals surface area contributed by atoms with Crippen LogP contribution in [-0.2, 0) is 0 Å². The summed E-state index contributed by atoms with van der Waals surface area (Å²) >= 11 is 0. The van der Waals surface area contributed by atoms with Crippen LogP contribution in [0.1, 0.15) is 16.9 Å². The smallest absolute Gasteiger partial charge is 0.275 e. The zero-order valence-electron chi connectivity index (χ0n) is 12.0. The summed E-state index contributed by atoms with van der Waals surface area (Å²) in [6, 6.07) is 5.97. The fourth-order valence-corrected chi connectivity index (χ4v) is 3.39. The number of fused-ring (bicyclic) bond motifs is 3. The molecular weight excluding hydrogens is 268 g/mol. The molecule has 1 aromatic carbocycles. The van der Waals surface area contributed by atoms with E-state index in [2.05, 4.69) is 15.1 Å². The number of nitrogens with one attached hydrogen (secondary N) is 1. The Morgan fingerprint density at radius 2 is 2.29 bits per heavy atom. The van der Waals surface area contributed by atoms with Crippen LogP contribution in [0.25, 0.3) is 10.9 Å². The number of hydrogen-bond donors (Lipinski definition) is 1. The molecule has 0 saturated carbocycles. The Morgan fingerprint density at radius 1 is 1.38 bits per heavy atom. The number of ether oxygens (including phenoxy) is 1. The highest BCUT2D eigenvalue weighted by Crippen LogP contribution is 2.26. The molecule has 2 unspecified atom stereocenters. The molecule has 3 heterocycles. The highest BCUT2D eigenvalue weighted by molar-refractivity contribution is 6.05. The van der Waals surface area contributed by atoms with Gasteiger partial charge in [0.2, 0.25) is 0 Å². The van der Waals surface area contributed by atoms with E-state index in [1.165, 1.54) is 0 Å². The van der Waals surface area contributed by atoms with Crippen molar-refractivity contribution in [3.05, 3.63) is 23.9 Å². The van der Waals surface area contributed by atoms with Gasteiger partial charge in [-0.2, -0.15) is 5.10 Å². The molecule has 6 nitrogen and oxygen atoms in total. The minimum absolute atomic E-state index is 0.0288. The molecule has 6 heteroatoms. The quantitative estimate of drug-likeness (QED) is 0.898. The Kier molecular flexibility index (Phi) is 2.85.